The van der Waals surface area contributed by atoms with Crippen LogP contribution in [0.3, 0.4) is 0 Å². The van der Waals surface area contributed by atoms with E-state index in [1.807, 2.05) is 6.07 Å². The van der Waals surface area contributed by atoms with E-state index in [-0.39, 0.29) is 0 Å². The van der Waals surface area contributed by atoms with Crippen molar-refractivity contribution < 1.29 is 0 Å². The number of hydrogen-bond acceptors (Lipinski definition) is 2. The summed E-state index contributed by atoms with van der Waals surface area (Å²) < 4.78 is 0. The van der Waals surface area contributed by atoms with E-state index in [0.29, 0.717) is 11.9 Å². The number of aliphatic imine (C=N–C) groups is 1. The number of nitrogens with zero attached hydrogens (tertiary/aromatic N) is 1. The van der Waals surface area contributed by atoms with E-state index in [1.165, 1.54) is 16.0 Å². The van der Waals surface area contributed by atoms with Crippen LogP contribution in [0.4, 0.5) is 5.69 Å². The van der Waals surface area contributed by atoms with Crippen LogP contribution in [0.25, 0.3) is 0 Å². The van der Waals surface area contributed by atoms with Gasteiger partial charge in [0.25, 0.3) is 0 Å². The maximum atomic E-state index is 5.96. The van der Waals surface area contributed by atoms with Crippen LogP contribution in [-0.4, -0.2) is 12.5 Å². The van der Waals surface area contributed by atoms with Crippen molar-refractivity contribution in [2.75, 3.05) is 11.9 Å². The zero-order valence-electron chi connectivity index (χ0n) is 12.9. The summed E-state index contributed by atoms with van der Waals surface area (Å²) in [7, 11) is 0. The molecule has 1 aromatic heterocycles. The van der Waals surface area contributed by atoms with Gasteiger partial charge in [-0.05, 0) is 60.9 Å². The molecule has 1 aromatic carbocycles. The van der Waals surface area contributed by atoms with Crippen LogP contribution in [0.5, 0.6) is 0 Å². The number of anilines is 1. The van der Waals surface area contributed by atoms with E-state index in [9.17, 15) is 0 Å². The van der Waals surface area contributed by atoms with E-state index in [1.54, 1.807) is 11.3 Å². The summed E-state index contributed by atoms with van der Waals surface area (Å²) in [4.78, 5) is 5.84. The lowest BCUT2D eigenvalue weighted by molar-refractivity contribution is 0.599. The van der Waals surface area contributed by atoms with Gasteiger partial charge < -0.3 is 11.1 Å². The van der Waals surface area contributed by atoms with Crippen molar-refractivity contribution in [3.05, 3.63) is 51.7 Å². The molecule has 1 unspecified atom stereocenters. The molecule has 0 radical (unpaired) electrons. The summed E-state index contributed by atoms with van der Waals surface area (Å²) in [6.07, 6.45) is 1.05. The van der Waals surface area contributed by atoms with E-state index >= 15 is 0 Å². The standard InChI is InChI=1S/C17H23N3S/c1-12(9-16-5-4-8-21-16)11-19-17(18)20-15-7-6-13(2)14(3)10-15/h4-8,10,12H,9,11H2,1-3H3,(H3,18,19,20). The third-order valence-corrected chi connectivity index (χ3v) is 4.38. The molecule has 0 aliphatic heterocycles. The molecular formula is C17H23N3S. The molecule has 1 heterocycles. The van der Waals surface area contributed by atoms with E-state index in [4.69, 9.17) is 5.73 Å². The molecule has 3 nitrogen and oxygen atoms in total. The number of hydrogen-bond donors (Lipinski definition) is 2. The molecule has 0 aliphatic carbocycles. The summed E-state index contributed by atoms with van der Waals surface area (Å²) in [6, 6.07) is 10.5. The van der Waals surface area contributed by atoms with Gasteiger partial charge in [-0.25, -0.2) is 0 Å². The maximum Gasteiger partial charge on any atom is 0.193 e. The highest BCUT2D eigenvalue weighted by Crippen LogP contribution is 2.15. The first-order valence-corrected chi connectivity index (χ1v) is 8.09. The minimum atomic E-state index is 0.483. The fourth-order valence-corrected chi connectivity index (χ4v) is 2.97. The Balaban J connectivity index is 1.87. The summed E-state index contributed by atoms with van der Waals surface area (Å²) in [5, 5.41) is 5.27. The summed E-state index contributed by atoms with van der Waals surface area (Å²) in [6.45, 7) is 7.13. The van der Waals surface area contributed by atoms with E-state index in [2.05, 4.69) is 60.7 Å². The molecule has 0 amide bonds. The van der Waals surface area contributed by atoms with Crippen molar-refractivity contribution in [3.63, 3.8) is 0 Å². The number of benzene rings is 1. The van der Waals surface area contributed by atoms with Crippen molar-refractivity contribution in [1.29, 1.82) is 0 Å². The van der Waals surface area contributed by atoms with Gasteiger partial charge >= 0.3 is 0 Å². The molecule has 1 atom stereocenters. The minimum absolute atomic E-state index is 0.483. The molecule has 0 fully saturated rings. The second-order valence-corrected chi connectivity index (χ2v) is 6.57. The molecule has 3 N–H and O–H groups in total. The Kier molecular flexibility index (Phi) is 5.39. The van der Waals surface area contributed by atoms with Gasteiger partial charge in [0.2, 0.25) is 0 Å². The van der Waals surface area contributed by atoms with Crippen LogP contribution < -0.4 is 11.1 Å². The zero-order valence-corrected chi connectivity index (χ0v) is 13.7. The highest BCUT2D eigenvalue weighted by Gasteiger charge is 2.04. The summed E-state index contributed by atoms with van der Waals surface area (Å²) in [5.74, 6) is 0.972. The molecule has 0 bridgehead atoms. The predicted octanol–water partition coefficient (Wildman–Crippen LogP) is 3.97. The third kappa shape index (κ3) is 4.90. The normalized spacial score (nSPS) is 13.2. The van der Waals surface area contributed by atoms with Crippen LogP contribution in [0, 0.1) is 19.8 Å². The van der Waals surface area contributed by atoms with Crippen LogP contribution in [0.1, 0.15) is 22.9 Å². The largest absolute Gasteiger partial charge is 0.370 e. The topological polar surface area (TPSA) is 50.4 Å². The summed E-state index contributed by atoms with van der Waals surface area (Å²) in [5.41, 5.74) is 9.48. The molecule has 0 saturated carbocycles. The predicted molar refractivity (Wildman–Crippen MR) is 93.2 cm³/mol. The minimum Gasteiger partial charge on any atom is -0.370 e. The highest BCUT2D eigenvalue weighted by molar-refractivity contribution is 7.09. The molecule has 0 saturated heterocycles. The van der Waals surface area contributed by atoms with Crippen molar-refractivity contribution >= 4 is 23.0 Å². The number of nitrogens with two attached hydrogens (primary N) is 1. The van der Waals surface area contributed by atoms with Crippen molar-refractivity contribution in [1.82, 2.24) is 0 Å². The van der Waals surface area contributed by atoms with Gasteiger partial charge in [0, 0.05) is 17.1 Å². The van der Waals surface area contributed by atoms with E-state index < -0.39 is 0 Å². The molecule has 21 heavy (non-hydrogen) atoms. The van der Waals surface area contributed by atoms with Crippen molar-refractivity contribution in [2.45, 2.75) is 27.2 Å². The zero-order chi connectivity index (χ0) is 15.2. The number of guanidine groups is 1. The number of nitrogens with one attached hydrogen (secondary N) is 1. The first-order valence-electron chi connectivity index (χ1n) is 7.21. The Labute approximate surface area is 130 Å². The van der Waals surface area contributed by atoms with Gasteiger partial charge in [0.15, 0.2) is 5.96 Å². The molecule has 112 valence electrons. The number of thiophene rings is 1. The van der Waals surface area contributed by atoms with Crippen molar-refractivity contribution in [2.24, 2.45) is 16.6 Å². The van der Waals surface area contributed by atoms with Gasteiger partial charge in [-0.1, -0.05) is 19.1 Å². The van der Waals surface area contributed by atoms with Crippen LogP contribution in [0.2, 0.25) is 0 Å². The van der Waals surface area contributed by atoms with Gasteiger partial charge in [0.05, 0.1) is 0 Å². The lowest BCUT2D eigenvalue weighted by atomic mass is 10.1. The molecule has 0 aliphatic rings. The average molecular weight is 301 g/mol. The van der Waals surface area contributed by atoms with Crippen LogP contribution >= 0.6 is 11.3 Å². The Morgan fingerprint density at radius 3 is 2.76 bits per heavy atom. The third-order valence-electron chi connectivity index (χ3n) is 3.48. The molecule has 2 aromatic rings. The lowest BCUT2D eigenvalue weighted by Gasteiger charge is -2.10. The van der Waals surface area contributed by atoms with Gasteiger partial charge in [-0.2, -0.15) is 0 Å². The van der Waals surface area contributed by atoms with Crippen molar-refractivity contribution in [3.8, 4) is 0 Å². The molecule has 0 spiro atoms. The molecule has 4 heteroatoms. The first-order chi connectivity index (χ1) is 10.0. The Hall–Kier alpha value is -1.81. The molecular weight excluding hydrogens is 278 g/mol. The SMILES string of the molecule is Cc1ccc(NC(N)=NCC(C)Cc2cccs2)cc1C. The second kappa shape index (κ2) is 7.27. The fraction of sp³-hybridized carbons (Fsp3) is 0.353. The highest BCUT2D eigenvalue weighted by atomic mass is 32.1. The molecule has 2 rings (SSSR count). The Bertz CT molecular complexity index is 603. The van der Waals surface area contributed by atoms with Crippen LogP contribution in [-0.2, 0) is 6.42 Å². The quantitative estimate of drug-likeness (QED) is 0.648. The first kappa shape index (κ1) is 15.6. The number of aryl methyl sites for hydroxylation is 2. The van der Waals surface area contributed by atoms with Gasteiger partial charge in [0.1, 0.15) is 0 Å². The fourth-order valence-electron chi connectivity index (χ4n) is 2.10. The monoisotopic (exact) mass is 301 g/mol. The summed E-state index contributed by atoms with van der Waals surface area (Å²) >= 11 is 1.80. The number of rotatable bonds is 5. The lowest BCUT2D eigenvalue weighted by Crippen LogP contribution is -2.23. The van der Waals surface area contributed by atoms with E-state index in [0.717, 1.165) is 18.7 Å². The Morgan fingerprint density at radius 2 is 2.10 bits per heavy atom. The average Bonchev–Trinajstić information content (AvgIpc) is 2.93. The smallest absolute Gasteiger partial charge is 0.193 e. The van der Waals surface area contributed by atoms with Crippen LogP contribution in [0.15, 0.2) is 40.7 Å². The van der Waals surface area contributed by atoms with Gasteiger partial charge in [-0.15, -0.1) is 11.3 Å². The maximum absolute atomic E-state index is 5.96. The van der Waals surface area contributed by atoms with Gasteiger partial charge in [-0.3, -0.25) is 4.99 Å². The second-order valence-electron chi connectivity index (χ2n) is 5.54. The Morgan fingerprint density at radius 1 is 1.29 bits per heavy atom.